The maximum atomic E-state index is 13.4. The van der Waals surface area contributed by atoms with Crippen LogP contribution >= 0.6 is 15.9 Å². The monoisotopic (exact) mass is 258 g/mol. The lowest BCUT2D eigenvalue weighted by molar-refractivity contribution is 0.0692. The van der Waals surface area contributed by atoms with Crippen LogP contribution in [0.1, 0.15) is 15.9 Å². The fourth-order valence-corrected chi connectivity index (χ4v) is 1.20. The number of carboxylic acid groups (broad SMARTS) is 1. The van der Waals surface area contributed by atoms with Gasteiger partial charge in [0.25, 0.3) is 0 Å². The van der Waals surface area contributed by atoms with Gasteiger partial charge in [-0.25, -0.2) is 9.18 Å². The van der Waals surface area contributed by atoms with Crippen molar-refractivity contribution >= 4 is 28.0 Å². The Hall–Kier alpha value is -1.16. The van der Waals surface area contributed by atoms with Crippen LogP contribution in [0.15, 0.2) is 24.3 Å². The maximum absolute atomic E-state index is 13.4. The van der Waals surface area contributed by atoms with Crippen molar-refractivity contribution in [3.05, 3.63) is 41.2 Å². The number of benzene rings is 1. The Balaban J connectivity index is 3.14. The average Bonchev–Trinajstić information content (AvgIpc) is 2.16. The Morgan fingerprint density at radius 1 is 1.57 bits per heavy atom. The van der Waals surface area contributed by atoms with E-state index in [9.17, 15) is 9.18 Å². The molecule has 0 aliphatic rings. The predicted molar refractivity (Wildman–Crippen MR) is 56.2 cm³/mol. The lowest BCUT2D eigenvalue weighted by atomic mass is 10.1. The van der Waals surface area contributed by atoms with Gasteiger partial charge in [-0.3, -0.25) is 0 Å². The first-order valence-electron chi connectivity index (χ1n) is 3.91. The summed E-state index contributed by atoms with van der Waals surface area (Å²) in [6, 6.07) is 4.28. The van der Waals surface area contributed by atoms with Gasteiger partial charge in [-0.15, -0.1) is 0 Å². The van der Waals surface area contributed by atoms with Crippen LogP contribution in [0, 0.1) is 5.82 Å². The van der Waals surface area contributed by atoms with Gasteiger partial charge in [0.2, 0.25) is 0 Å². The third-order valence-corrected chi connectivity index (χ3v) is 2.02. The predicted octanol–water partition coefficient (Wildman–Crippen LogP) is 2.93. The summed E-state index contributed by atoms with van der Waals surface area (Å²) in [4.78, 5) is 10.6. The van der Waals surface area contributed by atoms with Gasteiger partial charge in [0, 0.05) is 10.9 Å². The third-order valence-electron chi connectivity index (χ3n) is 1.65. The zero-order valence-corrected chi connectivity index (χ0v) is 8.79. The highest BCUT2D eigenvalue weighted by atomic mass is 79.9. The van der Waals surface area contributed by atoms with Crippen LogP contribution in [0.5, 0.6) is 0 Å². The summed E-state index contributed by atoms with van der Waals surface area (Å²) in [6.07, 6.45) is 3.24. The quantitative estimate of drug-likeness (QED) is 0.847. The molecule has 0 heterocycles. The molecule has 0 amide bonds. The minimum atomic E-state index is -1.25. The van der Waals surface area contributed by atoms with E-state index in [2.05, 4.69) is 15.9 Å². The maximum Gasteiger partial charge on any atom is 0.338 e. The summed E-state index contributed by atoms with van der Waals surface area (Å²) in [5, 5.41) is 9.24. The number of hydrogen-bond acceptors (Lipinski definition) is 1. The molecule has 0 saturated heterocycles. The number of alkyl halides is 1. The van der Waals surface area contributed by atoms with E-state index in [0.29, 0.717) is 5.33 Å². The highest BCUT2D eigenvalue weighted by Crippen LogP contribution is 2.14. The first kappa shape index (κ1) is 10.9. The summed E-state index contributed by atoms with van der Waals surface area (Å²) < 4.78 is 13.4. The van der Waals surface area contributed by atoms with Gasteiger partial charge in [0.1, 0.15) is 5.82 Å². The smallest absolute Gasteiger partial charge is 0.338 e. The minimum absolute atomic E-state index is 0.282. The molecule has 14 heavy (non-hydrogen) atoms. The number of carboxylic acids is 1. The van der Waals surface area contributed by atoms with Crippen molar-refractivity contribution in [2.75, 3.05) is 5.33 Å². The Kier molecular flexibility index (Phi) is 3.83. The Morgan fingerprint density at radius 3 is 2.86 bits per heavy atom. The number of halogens is 2. The van der Waals surface area contributed by atoms with Crippen LogP contribution in [0.25, 0.3) is 6.08 Å². The van der Waals surface area contributed by atoms with E-state index in [0.717, 1.165) is 0 Å². The molecule has 1 rings (SSSR count). The number of carbonyl (C=O) groups is 1. The molecule has 0 bridgehead atoms. The molecule has 0 aromatic heterocycles. The van der Waals surface area contributed by atoms with E-state index >= 15 is 0 Å². The van der Waals surface area contributed by atoms with Gasteiger partial charge in [0.15, 0.2) is 0 Å². The molecule has 0 saturated carbocycles. The number of hydrogen-bond donors (Lipinski definition) is 1. The average molecular weight is 259 g/mol. The van der Waals surface area contributed by atoms with Crippen molar-refractivity contribution in [1.29, 1.82) is 0 Å². The molecule has 1 aromatic carbocycles. The molecule has 0 unspecified atom stereocenters. The SMILES string of the molecule is O=C(O)c1cccc(C=CCBr)c1F. The van der Waals surface area contributed by atoms with E-state index in [4.69, 9.17) is 5.11 Å². The van der Waals surface area contributed by atoms with E-state index in [1.807, 2.05) is 0 Å². The van der Waals surface area contributed by atoms with E-state index < -0.39 is 11.8 Å². The van der Waals surface area contributed by atoms with Crippen LogP contribution in [-0.4, -0.2) is 16.4 Å². The molecule has 74 valence electrons. The number of allylic oxidation sites excluding steroid dienone is 1. The minimum Gasteiger partial charge on any atom is -0.478 e. The van der Waals surface area contributed by atoms with Gasteiger partial charge < -0.3 is 5.11 Å². The van der Waals surface area contributed by atoms with Crippen LogP contribution in [-0.2, 0) is 0 Å². The largest absolute Gasteiger partial charge is 0.478 e. The summed E-state index contributed by atoms with van der Waals surface area (Å²) in [5.41, 5.74) is -0.0222. The van der Waals surface area contributed by atoms with Gasteiger partial charge in [0.05, 0.1) is 5.56 Å². The lowest BCUT2D eigenvalue weighted by Crippen LogP contribution is -2.01. The van der Waals surface area contributed by atoms with Crippen LogP contribution in [0.2, 0.25) is 0 Å². The van der Waals surface area contributed by atoms with Crippen molar-refractivity contribution in [2.24, 2.45) is 0 Å². The standard InChI is InChI=1S/C10H8BrFO2/c11-6-2-4-7-3-1-5-8(9(7)12)10(13)14/h1-5H,6H2,(H,13,14). The van der Waals surface area contributed by atoms with Gasteiger partial charge in [-0.2, -0.15) is 0 Å². The first-order chi connectivity index (χ1) is 6.66. The molecule has 0 fully saturated rings. The Bertz CT molecular complexity index is 374. The van der Waals surface area contributed by atoms with E-state index in [-0.39, 0.29) is 11.1 Å². The van der Waals surface area contributed by atoms with Crippen molar-refractivity contribution in [2.45, 2.75) is 0 Å². The van der Waals surface area contributed by atoms with Crippen LogP contribution in [0.4, 0.5) is 4.39 Å². The normalized spacial score (nSPS) is 10.7. The van der Waals surface area contributed by atoms with Crippen LogP contribution < -0.4 is 0 Å². The van der Waals surface area contributed by atoms with Gasteiger partial charge >= 0.3 is 5.97 Å². The second-order valence-electron chi connectivity index (χ2n) is 2.57. The highest BCUT2D eigenvalue weighted by molar-refractivity contribution is 9.09. The third kappa shape index (κ3) is 2.42. The topological polar surface area (TPSA) is 37.3 Å². The Labute approximate surface area is 89.2 Å². The molecule has 0 radical (unpaired) electrons. The van der Waals surface area contributed by atoms with Crippen molar-refractivity contribution in [1.82, 2.24) is 0 Å². The molecule has 0 aliphatic carbocycles. The molecule has 0 atom stereocenters. The molecular weight excluding hydrogens is 251 g/mol. The lowest BCUT2D eigenvalue weighted by Gasteiger charge is -2.00. The molecule has 0 spiro atoms. The summed E-state index contributed by atoms with van der Waals surface area (Å²) in [6.45, 7) is 0. The number of rotatable bonds is 3. The fraction of sp³-hybridized carbons (Fsp3) is 0.100. The van der Waals surface area contributed by atoms with Gasteiger partial charge in [-0.05, 0) is 6.07 Å². The molecular formula is C10H8BrFO2. The summed E-state index contributed by atoms with van der Waals surface area (Å²) in [7, 11) is 0. The van der Waals surface area contributed by atoms with Crippen molar-refractivity contribution in [3.63, 3.8) is 0 Å². The summed E-state index contributed by atoms with van der Waals surface area (Å²) in [5.74, 6) is -1.95. The second kappa shape index (κ2) is 4.91. The molecule has 1 N–H and O–H groups in total. The van der Waals surface area contributed by atoms with Crippen LogP contribution in [0.3, 0.4) is 0 Å². The zero-order valence-electron chi connectivity index (χ0n) is 7.21. The van der Waals surface area contributed by atoms with Crippen molar-refractivity contribution < 1.29 is 14.3 Å². The fourth-order valence-electron chi connectivity index (χ4n) is 1.02. The number of aromatic carboxylic acids is 1. The van der Waals surface area contributed by atoms with E-state index in [1.54, 1.807) is 6.08 Å². The molecule has 1 aromatic rings. The Morgan fingerprint density at radius 2 is 2.29 bits per heavy atom. The zero-order chi connectivity index (χ0) is 10.6. The summed E-state index contributed by atoms with van der Waals surface area (Å²) >= 11 is 3.15. The molecule has 0 aliphatic heterocycles. The second-order valence-corrected chi connectivity index (χ2v) is 3.22. The molecule has 4 heteroatoms. The molecule has 2 nitrogen and oxygen atoms in total. The first-order valence-corrected chi connectivity index (χ1v) is 5.03. The van der Waals surface area contributed by atoms with E-state index in [1.165, 1.54) is 24.3 Å². The van der Waals surface area contributed by atoms with Gasteiger partial charge in [-0.1, -0.05) is 40.2 Å². The highest BCUT2D eigenvalue weighted by Gasteiger charge is 2.11. The van der Waals surface area contributed by atoms with Crippen molar-refractivity contribution in [3.8, 4) is 0 Å².